The van der Waals surface area contributed by atoms with Gasteiger partial charge in [0.05, 0.1) is 17.8 Å². The van der Waals surface area contributed by atoms with Crippen LogP contribution in [0.3, 0.4) is 0 Å². The maximum Gasteiger partial charge on any atom is 0.332 e. The van der Waals surface area contributed by atoms with Crippen LogP contribution in [-0.4, -0.2) is 27.3 Å². The van der Waals surface area contributed by atoms with Crippen molar-refractivity contribution in [3.05, 3.63) is 53.3 Å². The minimum Gasteiger partial charge on any atom is -1.00 e. The van der Waals surface area contributed by atoms with Crippen LogP contribution in [0.15, 0.2) is 36.5 Å². The molecule has 1 unspecified atom stereocenters. The first kappa shape index (κ1) is 15.7. The van der Waals surface area contributed by atoms with E-state index in [1.54, 1.807) is 5.32 Å². The van der Waals surface area contributed by atoms with E-state index >= 15 is 0 Å². The fourth-order valence-electron chi connectivity index (χ4n) is 2.84. The first-order valence-electron chi connectivity index (χ1n) is 6.62. The average Bonchev–Trinajstić information content (AvgIpc) is 2.61. The van der Waals surface area contributed by atoms with Crippen molar-refractivity contribution >= 4 is 11.6 Å². The molecule has 1 atom stereocenters. The number of amides is 1. The molecule has 3 N–H and O–H groups in total. The van der Waals surface area contributed by atoms with E-state index in [2.05, 4.69) is 0 Å². The lowest BCUT2D eigenvalue weighted by atomic mass is 9.98. The van der Waals surface area contributed by atoms with Crippen LogP contribution in [-0.2, 0) is 11.8 Å². The highest BCUT2D eigenvalue weighted by Gasteiger charge is 2.35. The van der Waals surface area contributed by atoms with E-state index < -0.39 is 0 Å². The highest BCUT2D eigenvalue weighted by atomic mass is 35.5. The van der Waals surface area contributed by atoms with Crippen molar-refractivity contribution in [1.82, 2.24) is 9.63 Å². The Balaban J connectivity index is 0.00000161. The molecule has 2 heterocycles. The van der Waals surface area contributed by atoms with Crippen molar-refractivity contribution in [3.8, 4) is 0 Å². The summed E-state index contributed by atoms with van der Waals surface area (Å²) in [6, 6.07) is 9.46. The standard InChI is InChI=1S/C15H17N3O2.ClH/c1-10-14-12(8-17(10)2)16-13(19)9-18(20)15(14)11-6-4-3-5-7-11;/h3-8,15,20H,9H2,1-2H3,(H,16,19);1H. The third-order valence-electron chi connectivity index (χ3n) is 3.88. The van der Waals surface area contributed by atoms with Crippen LogP contribution in [0.1, 0.15) is 22.9 Å². The van der Waals surface area contributed by atoms with Gasteiger partial charge in [0.25, 0.3) is 0 Å². The number of rotatable bonds is 1. The SMILES string of the molecule is Cc1c2c(cn1C)[NH2+]C(=O)CN(O)C2c1ccccc1.[Cl-]. The third-order valence-corrected chi connectivity index (χ3v) is 3.88. The summed E-state index contributed by atoms with van der Waals surface area (Å²) < 4.78 is 1.99. The number of halogens is 1. The molecule has 1 aliphatic heterocycles. The highest BCUT2D eigenvalue weighted by molar-refractivity contribution is 5.72. The molecule has 0 spiro atoms. The number of nitrogens with two attached hydrogens (primary N) is 1. The van der Waals surface area contributed by atoms with Gasteiger partial charge in [-0.25, -0.2) is 10.1 Å². The molecule has 0 radical (unpaired) electrons. The maximum absolute atomic E-state index is 11.9. The van der Waals surface area contributed by atoms with Crippen molar-refractivity contribution < 1.29 is 27.7 Å². The number of quaternary nitrogens is 1. The van der Waals surface area contributed by atoms with Gasteiger partial charge in [-0.05, 0) is 12.5 Å². The van der Waals surface area contributed by atoms with Crippen LogP contribution in [0.2, 0.25) is 0 Å². The quantitative estimate of drug-likeness (QED) is 0.632. The molecule has 0 aliphatic carbocycles. The number of carbonyl (C=O) groups excluding carboxylic acids is 1. The molecule has 6 heteroatoms. The second-order valence-corrected chi connectivity index (χ2v) is 5.22. The van der Waals surface area contributed by atoms with Gasteiger partial charge >= 0.3 is 5.91 Å². The van der Waals surface area contributed by atoms with Crippen molar-refractivity contribution in [2.75, 3.05) is 6.54 Å². The number of nitrogens with zero attached hydrogens (tertiary/aromatic N) is 2. The largest absolute Gasteiger partial charge is 1.00 e. The van der Waals surface area contributed by atoms with Gasteiger partial charge in [-0.2, -0.15) is 5.06 Å². The van der Waals surface area contributed by atoms with Crippen molar-refractivity contribution in [1.29, 1.82) is 0 Å². The first-order chi connectivity index (χ1) is 9.58. The molecule has 2 aromatic rings. The summed E-state index contributed by atoms with van der Waals surface area (Å²) in [7, 11) is 1.95. The minimum atomic E-state index is -0.310. The number of benzene rings is 1. The predicted octanol–water partition coefficient (Wildman–Crippen LogP) is -2.15. The zero-order valence-corrected chi connectivity index (χ0v) is 12.7. The molecule has 0 saturated carbocycles. The van der Waals surface area contributed by atoms with Crippen LogP contribution in [0.25, 0.3) is 0 Å². The Kier molecular flexibility index (Phi) is 4.49. The fourth-order valence-corrected chi connectivity index (χ4v) is 2.84. The van der Waals surface area contributed by atoms with Crippen molar-refractivity contribution in [2.24, 2.45) is 7.05 Å². The zero-order valence-electron chi connectivity index (χ0n) is 12.0. The van der Waals surface area contributed by atoms with E-state index in [1.165, 1.54) is 0 Å². The summed E-state index contributed by atoms with van der Waals surface area (Å²) in [4.78, 5) is 11.9. The molecule has 0 bridgehead atoms. The van der Waals surface area contributed by atoms with E-state index in [4.69, 9.17) is 0 Å². The molecule has 21 heavy (non-hydrogen) atoms. The lowest BCUT2D eigenvalue weighted by molar-refractivity contribution is -0.483. The lowest BCUT2D eigenvalue weighted by Gasteiger charge is -2.23. The van der Waals surface area contributed by atoms with E-state index in [0.717, 1.165) is 27.6 Å². The number of fused-ring (bicyclic) bond motifs is 1. The lowest BCUT2D eigenvalue weighted by Crippen LogP contribution is -3.00. The van der Waals surface area contributed by atoms with Crippen LogP contribution >= 0.6 is 0 Å². The second-order valence-electron chi connectivity index (χ2n) is 5.22. The Morgan fingerprint density at radius 3 is 2.62 bits per heavy atom. The smallest absolute Gasteiger partial charge is 0.332 e. The van der Waals surface area contributed by atoms with Crippen LogP contribution < -0.4 is 17.7 Å². The minimum absolute atomic E-state index is 0. The number of hydroxylamine groups is 2. The summed E-state index contributed by atoms with van der Waals surface area (Å²) >= 11 is 0. The van der Waals surface area contributed by atoms with Gasteiger partial charge in [0, 0.05) is 12.7 Å². The summed E-state index contributed by atoms with van der Waals surface area (Å²) in [5, 5.41) is 13.1. The molecule has 0 fully saturated rings. The summed E-state index contributed by atoms with van der Waals surface area (Å²) in [6.45, 7) is 2.02. The summed E-state index contributed by atoms with van der Waals surface area (Å²) in [5.74, 6) is -0.0854. The molecule has 1 aromatic carbocycles. The van der Waals surface area contributed by atoms with Gasteiger partial charge in [-0.1, -0.05) is 30.3 Å². The predicted molar refractivity (Wildman–Crippen MR) is 73.5 cm³/mol. The van der Waals surface area contributed by atoms with Crippen LogP contribution in [0.5, 0.6) is 0 Å². The Hall–Kier alpha value is -1.66. The van der Waals surface area contributed by atoms with E-state index in [0.29, 0.717) is 0 Å². The molecule has 1 aliphatic rings. The summed E-state index contributed by atoms with van der Waals surface area (Å²) in [5.41, 5.74) is 3.92. The normalized spacial score (nSPS) is 18.8. The molecular formula is C15H18ClN3O2. The first-order valence-corrected chi connectivity index (χ1v) is 6.62. The van der Waals surface area contributed by atoms with Crippen molar-refractivity contribution in [2.45, 2.75) is 13.0 Å². The number of carbonyl (C=O) groups is 1. The Morgan fingerprint density at radius 2 is 1.95 bits per heavy atom. The molecular weight excluding hydrogens is 290 g/mol. The van der Waals surface area contributed by atoms with Gasteiger partial charge in [0.2, 0.25) is 0 Å². The number of hydrogen-bond donors (Lipinski definition) is 2. The molecule has 112 valence electrons. The number of aromatic nitrogens is 1. The van der Waals surface area contributed by atoms with E-state index in [-0.39, 0.29) is 30.9 Å². The van der Waals surface area contributed by atoms with Gasteiger partial charge in [0.15, 0.2) is 5.69 Å². The maximum atomic E-state index is 11.9. The van der Waals surface area contributed by atoms with Gasteiger partial charge in [-0.3, -0.25) is 0 Å². The number of hydrogen-bond acceptors (Lipinski definition) is 3. The molecule has 0 saturated heterocycles. The van der Waals surface area contributed by atoms with Gasteiger partial charge < -0.3 is 22.2 Å². The van der Waals surface area contributed by atoms with Gasteiger partial charge in [-0.15, -0.1) is 0 Å². The molecule has 3 rings (SSSR count). The second kappa shape index (κ2) is 5.99. The molecule has 1 amide bonds. The summed E-state index contributed by atoms with van der Waals surface area (Å²) in [6.07, 6.45) is 1.94. The fraction of sp³-hybridized carbons (Fsp3) is 0.267. The van der Waals surface area contributed by atoms with Crippen LogP contribution in [0, 0.1) is 6.92 Å². The molecule has 5 nitrogen and oxygen atoms in total. The van der Waals surface area contributed by atoms with Crippen LogP contribution in [0.4, 0.5) is 5.69 Å². The van der Waals surface area contributed by atoms with E-state index in [9.17, 15) is 10.0 Å². The average molecular weight is 308 g/mol. The van der Waals surface area contributed by atoms with E-state index in [1.807, 2.05) is 55.1 Å². The Morgan fingerprint density at radius 1 is 1.29 bits per heavy atom. The number of aryl methyl sites for hydroxylation is 1. The molecule has 1 aromatic heterocycles. The monoisotopic (exact) mass is 307 g/mol. The Bertz CT molecular complexity index is 654. The third kappa shape index (κ3) is 2.73. The zero-order chi connectivity index (χ0) is 14.3. The topological polar surface area (TPSA) is 62.1 Å². The van der Waals surface area contributed by atoms with Gasteiger partial charge in [0.1, 0.15) is 6.54 Å². The highest BCUT2D eigenvalue weighted by Crippen LogP contribution is 2.34. The number of primary amides is 1. The van der Waals surface area contributed by atoms with Crippen molar-refractivity contribution in [3.63, 3.8) is 0 Å². The Labute approximate surface area is 129 Å².